The number of likely N-dealkylation sites (N-methyl/N-ethyl adjacent to an activating group) is 1. The zero-order chi connectivity index (χ0) is 14.1. The third-order valence-corrected chi connectivity index (χ3v) is 3.79. The Morgan fingerprint density at radius 2 is 1.70 bits per heavy atom. The molecular formula is C17H15NO2. The standard InChI is InChI=1S/C17H15NO2/c1-18-15-10-6-5-9-13(15)14(17(18)20)11-16(19)12-7-3-2-4-8-12/h2-10,14H,11H2,1H3/t14-/m0/s1. The lowest BCUT2D eigenvalue weighted by Gasteiger charge is -2.10. The molecule has 1 aliphatic rings. The van der Waals surface area contributed by atoms with Crippen LogP contribution in [0.15, 0.2) is 54.6 Å². The lowest BCUT2D eigenvalue weighted by molar-refractivity contribution is -0.119. The molecule has 1 amide bonds. The molecule has 1 aliphatic heterocycles. The minimum absolute atomic E-state index is 0.00418. The van der Waals surface area contributed by atoms with E-state index in [1.807, 2.05) is 42.5 Å². The summed E-state index contributed by atoms with van der Waals surface area (Å²) in [6.07, 6.45) is 0.226. The first-order valence-electron chi connectivity index (χ1n) is 6.63. The number of carbonyl (C=O) groups is 2. The number of amides is 1. The summed E-state index contributed by atoms with van der Waals surface area (Å²) >= 11 is 0. The smallest absolute Gasteiger partial charge is 0.234 e. The van der Waals surface area contributed by atoms with E-state index in [9.17, 15) is 9.59 Å². The quantitative estimate of drug-likeness (QED) is 0.800. The minimum Gasteiger partial charge on any atom is -0.315 e. The molecule has 100 valence electrons. The fraction of sp³-hybridized carbons (Fsp3) is 0.176. The Bertz CT molecular complexity index is 664. The summed E-state index contributed by atoms with van der Waals surface area (Å²) in [6, 6.07) is 16.8. The van der Waals surface area contributed by atoms with E-state index in [0.29, 0.717) is 5.56 Å². The van der Waals surface area contributed by atoms with Gasteiger partial charge in [0.1, 0.15) is 0 Å². The molecule has 0 fully saturated rings. The van der Waals surface area contributed by atoms with E-state index in [1.54, 1.807) is 24.1 Å². The number of ketones is 1. The Labute approximate surface area is 117 Å². The largest absolute Gasteiger partial charge is 0.315 e. The van der Waals surface area contributed by atoms with Gasteiger partial charge in [-0.2, -0.15) is 0 Å². The van der Waals surface area contributed by atoms with Crippen molar-refractivity contribution in [3.63, 3.8) is 0 Å². The third kappa shape index (κ3) is 2.01. The maximum atomic E-state index is 12.3. The monoisotopic (exact) mass is 265 g/mol. The second kappa shape index (κ2) is 4.93. The number of para-hydroxylation sites is 1. The Morgan fingerprint density at radius 1 is 1.05 bits per heavy atom. The number of benzene rings is 2. The molecule has 3 rings (SSSR count). The molecule has 0 saturated heterocycles. The Hall–Kier alpha value is -2.42. The SMILES string of the molecule is CN1C(=O)[C@@H](CC(=O)c2ccccc2)c2ccccc21. The summed E-state index contributed by atoms with van der Waals surface area (Å²) in [5.74, 6) is -0.353. The van der Waals surface area contributed by atoms with E-state index in [2.05, 4.69) is 0 Å². The van der Waals surface area contributed by atoms with Gasteiger partial charge < -0.3 is 4.90 Å². The van der Waals surface area contributed by atoms with Crippen LogP contribution in [0.1, 0.15) is 28.3 Å². The lowest BCUT2D eigenvalue weighted by Crippen LogP contribution is -2.25. The van der Waals surface area contributed by atoms with Gasteiger partial charge in [0.2, 0.25) is 5.91 Å². The van der Waals surface area contributed by atoms with Crippen LogP contribution < -0.4 is 4.90 Å². The summed E-state index contributed by atoms with van der Waals surface area (Å²) < 4.78 is 0. The number of carbonyl (C=O) groups excluding carboxylic acids is 2. The maximum Gasteiger partial charge on any atom is 0.234 e. The molecule has 0 aliphatic carbocycles. The van der Waals surface area contributed by atoms with Gasteiger partial charge in [-0.15, -0.1) is 0 Å². The van der Waals surface area contributed by atoms with Crippen LogP contribution in [0.3, 0.4) is 0 Å². The van der Waals surface area contributed by atoms with Crippen molar-refractivity contribution in [2.75, 3.05) is 11.9 Å². The second-order valence-corrected chi connectivity index (χ2v) is 5.00. The molecule has 0 N–H and O–H groups in total. The Kier molecular flexibility index (Phi) is 3.11. The summed E-state index contributed by atoms with van der Waals surface area (Å²) in [5.41, 5.74) is 2.51. The molecule has 2 aromatic rings. The van der Waals surface area contributed by atoms with Gasteiger partial charge in [-0.1, -0.05) is 48.5 Å². The van der Waals surface area contributed by atoms with Gasteiger partial charge in [0.05, 0.1) is 5.92 Å². The molecular weight excluding hydrogens is 250 g/mol. The summed E-state index contributed by atoms with van der Waals surface area (Å²) in [6.45, 7) is 0. The van der Waals surface area contributed by atoms with Crippen LogP contribution in [-0.2, 0) is 4.79 Å². The number of hydrogen-bond acceptors (Lipinski definition) is 2. The van der Waals surface area contributed by atoms with Crippen molar-refractivity contribution >= 4 is 17.4 Å². The van der Waals surface area contributed by atoms with Crippen molar-refractivity contribution in [3.8, 4) is 0 Å². The fourth-order valence-corrected chi connectivity index (χ4v) is 2.70. The average Bonchev–Trinajstić information content (AvgIpc) is 2.74. The normalized spacial score (nSPS) is 17.1. The van der Waals surface area contributed by atoms with Crippen molar-refractivity contribution in [3.05, 3.63) is 65.7 Å². The number of hydrogen-bond donors (Lipinski definition) is 0. The number of anilines is 1. The molecule has 2 aromatic carbocycles. The van der Waals surface area contributed by atoms with Crippen LogP contribution >= 0.6 is 0 Å². The van der Waals surface area contributed by atoms with Gasteiger partial charge in [0.25, 0.3) is 0 Å². The van der Waals surface area contributed by atoms with E-state index in [1.165, 1.54) is 0 Å². The molecule has 0 saturated carbocycles. The van der Waals surface area contributed by atoms with Gasteiger partial charge in [-0.05, 0) is 11.6 Å². The van der Waals surface area contributed by atoms with E-state index in [0.717, 1.165) is 11.3 Å². The Morgan fingerprint density at radius 3 is 2.45 bits per heavy atom. The highest BCUT2D eigenvalue weighted by Gasteiger charge is 2.36. The molecule has 3 nitrogen and oxygen atoms in total. The van der Waals surface area contributed by atoms with Gasteiger partial charge in [-0.3, -0.25) is 9.59 Å². The Balaban J connectivity index is 1.89. The molecule has 0 spiro atoms. The van der Waals surface area contributed by atoms with E-state index < -0.39 is 0 Å². The second-order valence-electron chi connectivity index (χ2n) is 5.00. The maximum absolute atomic E-state index is 12.3. The van der Waals surface area contributed by atoms with Gasteiger partial charge in [0.15, 0.2) is 5.78 Å². The number of fused-ring (bicyclic) bond motifs is 1. The van der Waals surface area contributed by atoms with E-state index in [4.69, 9.17) is 0 Å². The van der Waals surface area contributed by atoms with Crippen LogP contribution in [0.4, 0.5) is 5.69 Å². The van der Waals surface area contributed by atoms with Crippen LogP contribution in [-0.4, -0.2) is 18.7 Å². The number of Topliss-reactive ketones (excluding diaryl/α,β-unsaturated/α-hetero) is 1. The van der Waals surface area contributed by atoms with Gasteiger partial charge in [-0.25, -0.2) is 0 Å². The first-order chi connectivity index (χ1) is 9.68. The highest BCUT2D eigenvalue weighted by Crippen LogP contribution is 2.38. The fourth-order valence-electron chi connectivity index (χ4n) is 2.70. The molecule has 1 atom stereocenters. The molecule has 0 unspecified atom stereocenters. The van der Waals surface area contributed by atoms with Crippen molar-refractivity contribution < 1.29 is 9.59 Å². The molecule has 0 bridgehead atoms. The average molecular weight is 265 g/mol. The van der Waals surface area contributed by atoms with Crippen molar-refractivity contribution in [1.82, 2.24) is 0 Å². The molecule has 20 heavy (non-hydrogen) atoms. The zero-order valence-electron chi connectivity index (χ0n) is 11.2. The minimum atomic E-state index is -0.357. The summed E-state index contributed by atoms with van der Waals surface area (Å²) in [5, 5.41) is 0. The zero-order valence-corrected chi connectivity index (χ0v) is 11.2. The van der Waals surface area contributed by atoms with E-state index in [-0.39, 0.29) is 24.0 Å². The molecule has 1 heterocycles. The molecule has 3 heteroatoms. The first kappa shape index (κ1) is 12.6. The van der Waals surface area contributed by atoms with Crippen molar-refractivity contribution in [1.29, 1.82) is 0 Å². The van der Waals surface area contributed by atoms with Crippen LogP contribution in [0.25, 0.3) is 0 Å². The topological polar surface area (TPSA) is 37.4 Å². The number of rotatable bonds is 3. The highest BCUT2D eigenvalue weighted by molar-refractivity contribution is 6.08. The van der Waals surface area contributed by atoms with E-state index >= 15 is 0 Å². The van der Waals surface area contributed by atoms with Gasteiger partial charge >= 0.3 is 0 Å². The van der Waals surface area contributed by atoms with Crippen LogP contribution in [0, 0.1) is 0 Å². The lowest BCUT2D eigenvalue weighted by atomic mass is 9.93. The molecule has 0 radical (unpaired) electrons. The van der Waals surface area contributed by atoms with Crippen LogP contribution in [0.5, 0.6) is 0 Å². The predicted octanol–water partition coefficient (Wildman–Crippen LogP) is 3.02. The summed E-state index contributed by atoms with van der Waals surface area (Å²) in [4.78, 5) is 26.2. The van der Waals surface area contributed by atoms with Gasteiger partial charge in [0, 0.05) is 24.7 Å². The molecule has 0 aromatic heterocycles. The first-order valence-corrected chi connectivity index (χ1v) is 6.63. The predicted molar refractivity (Wildman–Crippen MR) is 78.0 cm³/mol. The summed E-state index contributed by atoms with van der Waals surface area (Å²) in [7, 11) is 1.76. The van der Waals surface area contributed by atoms with Crippen molar-refractivity contribution in [2.45, 2.75) is 12.3 Å². The highest BCUT2D eigenvalue weighted by atomic mass is 16.2. The third-order valence-electron chi connectivity index (χ3n) is 3.79. The number of nitrogens with zero attached hydrogens (tertiary/aromatic N) is 1. The van der Waals surface area contributed by atoms with Crippen LogP contribution in [0.2, 0.25) is 0 Å². The van der Waals surface area contributed by atoms with Crippen molar-refractivity contribution in [2.24, 2.45) is 0 Å².